The Balaban J connectivity index is 2.65. The summed E-state index contributed by atoms with van der Waals surface area (Å²) in [6.45, 7) is 1.33. The van der Waals surface area contributed by atoms with Crippen molar-refractivity contribution in [2.45, 2.75) is 6.92 Å². The van der Waals surface area contributed by atoms with Gasteiger partial charge in [-0.1, -0.05) is 0 Å². The Bertz CT molecular complexity index is 618. The minimum absolute atomic E-state index is 0.00343. The van der Waals surface area contributed by atoms with E-state index in [4.69, 9.17) is 0 Å². The molecule has 0 saturated heterocycles. The van der Waals surface area contributed by atoms with E-state index < -0.39 is 17.2 Å². The number of phenols is 1. The van der Waals surface area contributed by atoms with E-state index in [0.717, 1.165) is 12.1 Å². The van der Waals surface area contributed by atoms with Crippen molar-refractivity contribution in [3.05, 3.63) is 45.9 Å². The van der Waals surface area contributed by atoms with Crippen molar-refractivity contribution in [1.82, 2.24) is 9.97 Å². The molecule has 0 atom stereocenters. The lowest BCUT2D eigenvalue weighted by molar-refractivity contribution is 0.469. The van der Waals surface area contributed by atoms with E-state index in [0.29, 0.717) is 0 Å². The minimum Gasteiger partial charge on any atom is -0.508 e. The van der Waals surface area contributed by atoms with Crippen LogP contribution in [0.4, 0.5) is 8.78 Å². The molecular formula is C11H8F2N2O2. The summed E-state index contributed by atoms with van der Waals surface area (Å²) < 4.78 is 26.1. The van der Waals surface area contributed by atoms with Gasteiger partial charge in [-0.3, -0.25) is 4.79 Å². The van der Waals surface area contributed by atoms with Crippen LogP contribution in [-0.2, 0) is 0 Å². The van der Waals surface area contributed by atoms with Crippen molar-refractivity contribution in [2.75, 3.05) is 0 Å². The third kappa shape index (κ3) is 2.15. The quantitative estimate of drug-likeness (QED) is 0.795. The molecule has 0 fully saturated rings. The van der Waals surface area contributed by atoms with E-state index in [2.05, 4.69) is 9.97 Å². The number of halogens is 2. The van der Waals surface area contributed by atoms with Crippen LogP contribution in [-0.4, -0.2) is 15.1 Å². The van der Waals surface area contributed by atoms with Gasteiger partial charge < -0.3 is 10.1 Å². The highest BCUT2D eigenvalue weighted by Crippen LogP contribution is 2.21. The zero-order valence-corrected chi connectivity index (χ0v) is 8.79. The first-order valence-corrected chi connectivity index (χ1v) is 4.73. The van der Waals surface area contributed by atoms with Crippen molar-refractivity contribution < 1.29 is 13.9 Å². The molecular weight excluding hydrogens is 230 g/mol. The summed E-state index contributed by atoms with van der Waals surface area (Å²) in [5, 5.41) is 9.21. The monoisotopic (exact) mass is 238 g/mol. The molecule has 0 bridgehead atoms. The molecule has 1 aromatic carbocycles. The van der Waals surface area contributed by atoms with E-state index in [1.807, 2.05) is 0 Å². The first-order valence-electron chi connectivity index (χ1n) is 4.73. The fourth-order valence-corrected chi connectivity index (χ4v) is 1.42. The molecule has 6 heteroatoms. The summed E-state index contributed by atoms with van der Waals surface area (Å²) in [7, 11) is 0. The molecule has 2 aromatic rings. The van der Waals surface area contributed by atoms with Crippen molar-refractivity contribution in [3.63, 3.8) is 0 Å². The normalized spacial score (nSPS) is 10.5. The van der Waals surface area contributed by atoms with E-state index in [9.17, 15) is 18.7 Å². The molecule has 2 rings (SSSR count). The highest BCUT2D eigenvalue weighted by molar-refractivity contribution is 5.57. The molecule has 0 unspecified atom stereocenters. The van der Waals surface area contributed by atoms with Gasteiger partial charge >= 0.3 is 0 Å². The summed E-state index contributed by atoms with van der Waals surface area (Å²) in [6, 6.07) is 3.21. The number of hydrogen-bond acceptors (Lipinski definition) is 3. The van der Waals surface area contributed by atoms with E-state index in [1.54, 1.807) is 0 Å². The van der Waals surface area contributed by atoms with Crippen LogP contribution in [0.1, 0.15) is 5.69 Å². The number of nitrogens with one attached hydrogen (secondary N) is 1. The van der Waals surface area contributed by atoms with Crippen molar-refractivity contribution in [1.29, 1.82) is 0 Å². The number of benzene rings is 1. The van der Waals surface area contributed by atoms with Crippen molar-refractivity contribution in [2.24, 2.45) is 0 Å². The third-order valence-corrected chi connectivity index (χ3v) is 2.18. The number of H-pyrrole nitrogens is 1. The van der Waals surface area contributed by atoms with Crippen LogP contribution in [0.25, 0.3) is 11.4 Å². The summed E-state index contributed by atoms with van der Waals surface area (Å²) in [4.78, 5) is 17.1. The fourth-order valence-electron chi connectivity index (χ4n) is 1.42. The highest BCUT2D eigenvalue weighted by atomic mass is 19.1. The van der Waals surface area contributed by atoms with Crippen LogP contribution in [0, 0.1) is 18.6 Å². The minimum atomic E-state index is -0.977. The van der Waals surface area contributed by atoms with E-state index in [-0.39, 0.29) is 22.8 Å². The molecule has 0 radical (unpaired) electrons. The molecule has 2 N–H and O–H groups in total. The number of aromatic nitrogens is 2. The number of rotatable bonds is 1. The molecule has 0 aliphatic rings. The van der Waals surface area contributed by atoms with Crippen LogP contribution in [0.15, 0.2) is 23.0 Å². The van der Waals surface area contributed by atoms with Crippen LogP contribution >= 0.6 is 0 Å². The number of aryl methyl sites for hydroxylation is 1. The first-order chi connectivity index (χ1) is 7.97. The SMILES string of the molecule is Cc1nc(-c2cc(O)cc(F)c2)[nH]c(=O)c1F. The van der Waals surface area contributed by atoms with Gasteiger partial charge in [-0.15, -0.1) is 0 Å². The summed E-state index contributed by atoms with van der Waals surface area (Å²) in [5.41, 5.74) is -0.855. The smallest absolute Gasteiger partial charge is 0.287 e. The zero-order chi connectivity index (χ0) is 12.6. The number of hydrogen-bond donors (Lipinski definition) is 2. The number of nitrogens with zero attached hydrogens (tertiary/aromatic N) is 1. The van der Waals surface area contributed by atoms with Gasteiger partial charge in [-0.05, 0) is 19.1 Å². The lowest BCUT2D eigenvalue weighted by Crippen LogP contribution is -2.15. The number of phenolic OH excluding ortho intramolecular Hbond substituents is 1. The second kappa shape index (κ2) is 3.97. The standard InChI is InChI=1S/C11H8F2N2O2/c1-5-9(13)11(17)15-10(14-5)6-2-7(12)4-8(16)3-6/h2-4,16H,1H3,(H,14,15,17). The molecule has 17 heavy (non-hydrogen) atoms. The van der Waals surface area contributed by atoms with Gasteiger partial charge in [-0.25, -0.2) is 9.37 Å². The molecule has 0 amide bonds. The molecule has 1 heterocycles. The van der Waals surface area contributed by atoms with Crippen LogP contribution in [0.3, 0.4) is 0 Å². The predicted molar refractivity (Wildman–Crippen MR) is 56.6 cm³/mol. The Hall–Kier alpha value is -2.24. The Morgan fingerprint density at radius 3 is 2.59 bits per heavy atom. The number of aromatic hydroxyl groups is 1. The molecule has 0 aliphatic heterocycles. The first kappa shape index (κ1) is 11.3. The topological polar surface area (TPSA) is 66.0 Å². The third-order valence-electron chi connectivity index (χ3n) is 2.18. The Labute approximate surface area is 94.6 Å². The van der Waals surface area contributed by atoms with Crippen LogP contribution in [0.5, 0.6) is 5.75 Å². The van der Waals surface area contributed by atoms with Gasteiger partial charge in [-0.2, -0.15) is 4.39 Å². The summed E-state index contributed by atoms with van der Waals surface area (Å²) >= 11 is 0. The summed E-state index contributed by atoms with van der Waals surface area (Å²) in [5.74, 6) is -1.95. The largest absolute Gasteiger partial charge is 0.508 e. The maximum atomic E-state index is 13.1. The van der Waals surface area contributed by atoms with Crippen molar-refractivity contribution >= 4 is 0 Å². The molecule has 88 valence electrons. The van der Waals surface area contributed by atoms with Gasteiger partial charge in [0, 0.05) is 11.6 Å². The van der Waals surface area contributed by atoms with E-state index >= 15 is 0 Å². The van der Waals surface area contributed by atoms with Crippen LogP contribution < -0.4 is 5.56 Å². The second-order valence-electron chi connectivity index (χ2n) is 3.51. The molecule has 4 nitrogen and oxygen atoms in total. The van der Waals surface area contributed by atoms with E-state index in [1.165, 1.54) is 13.0 Å². The van der Waals surface area contributed by atoms with Gasteiger partial charge in [0.25, 0.3) is 5.56 Å². The van der Waals surface area contributed by atoms with Gasteiger partial charge in [0.05, 0.1) is 5.69 Å². The molecule has 0 spiro atoms. The Morgan fingerprint density at radius 1 is 1.29 bits per heavy atom. The van der Waals surface area contributed by atoms with Gasteiger partial charge in [0.15, 0.2) is 0 Å². The fraction of sp³-hybridized carbons (Fsp3) is 0.0909. The zero-order valence-electron chi connectivity index (χ0n) is 8.79. The molecule has 1 aromatic heterocycles. The van der Waals surface area contributed by atoms with Gasteiger partial charge in [0.1, 0.15) is 17.4 Å². The maximum absolute atomic E-state index is 13.1. The van der Waals surface area contributed by atoms with Crippen molar-refractivity contribution in [3.8, 4) is 17.1 Å². The average molecular weight is 238 g/mol. The highest BCUT2D eigenvalue weighted by Gasteiger charge is 2.10. The Morgan fingerprint density at radius 2 is 2.00 bits per heavy atom. The lowest BCUT2D eigenvalue weighted by Gasteiger charge is -2.03. The molecule has 0 saturated carbocycles. The summed E-state index contributed by atoms with van der Waals surface area (Å²) in [6.07, 6.45) is 0. The maximum Gasteiger partial charge on any atom is 0.287 e. The predicted octanol–water partition coefficient (Wildman–Crippen LogP) is 1.73. The van der Waals surface area contributed by atoms with Crippen LogP contribution in [0.2, 0.25) is 0 Å². The second-order valence-corrected chi connectivity index (χ2v) is 3.51. The lowest BCUT2D eigenvalue weighted by atomic mass is 10.2. The van der Waals surface area contributed by atoms with Gasteiger partial charge in [0.2, 0.25) is 5.82 Å². The molecule has 0 aliphatic carbocycles. The number of aromatic amines is 1. The Kier molecular flexibility index (Phi) is 2.63. The average Bonchev–Trinajstić information content (AvgIpc) is 2.23.